The summed E-state index contributed by atoms with van der Waals surface area (Å²) in [4.78, 5) is 23.5. The van der Waals surface area contributed by atoms with Gasteiger partial charge >= 0.3 is 11.9 Å². The van der Waals surface area contributed by atoms with Crippen molar-refractivity contribution in [2.45, 2.75) is 9.79 Å². The maximum absolute atomic E-state index is 11.4. The van der Waals surface area contributed by atoms with Crippen molar-refractivity contribution in [3.05, 3.63) is 44.4 Å². The van der Waals surface area contributed by atoms with Gasteiger partial charge in [0.1, 0.15) is 11.8 Å². The largest absolute Gasteiger partial charge is 0.424 e. The number of carbonyl (C=O) groups excluding carboxylic acids is 2. The Hall–Kier alpha value is -0.530. The number of ether oxygens (including phenoxy) is 2. The number of esters is 2. The van der Waals surface area contributed by atoms with E-state index in [1.54, 1.807) is 0 Å². The van der Waals surface area contributed by atoms with Gasteiger partial charge in [-0.25, -0.2) is 0 Å². The van der Waals surface area contributed by atoms with Gasteiger partial charge < -0.3 is 9.47 Å². The number of hydrogen-bond acceptors (Lipinski definition) is 5. The van der Waals surface area contributed by atoms with E-state index in [9.17, 15) is 9.59 Å². The quantitative estimate of drug-likeness (QED) is 0.246. The van der Waals surface area contributed by atoms with E-state index >= 15 is 0 Å². The van der Waals surface area contributed by atoms with Gasteiger partial charge in [0, 0.05) is 0 Å². The predicted octanol–water partition coefficient (Wildman–Crippen LogP) is 6.74. The molecule has 0 fully saturated rings. The van der Waals surface area contributed by atoms with Gasteiger partial charge in [0.05, 0.1) is 29.9 Å². The molecule has 0 aliphatic rings. The van der Waals surface area contributed by atoms with Gasteiger partial charge in [-0.15, -0.1) is 23.2 Å². The van der Waals surface area contributed by atoms with Gasteiger partial charge in [-0.2, -0.15) is 0 Å². The number of hydrogen-bond donors (Lipinski definition) is 0. The predicted molar refractivity (Wildman–Crippen MR) is 110 cm³/mol. The summed E-state index contributed by atoms with van der Waals surface area (Å²) in [5.41, 5.74) is 0. The molecule has 4 nitrogen and oxygen atoms in total. The van der Waals surface area contributed by atoms with E-state index in [4.69, 9.17) is 79.1 Å². The Bertz CT molecular complexity index is 818. The van der Waals surface area contributed by atoms with Crippen LogP contribution in [0.2, 0.25) is 20.1 Å². The number of alkyl halides is 2. The van der Waals surface area contributed by atoms with Gasteiger partial charge in [-0.05, 0) is 24.3 Å². The van der Waals surface area contributed by atoms with Crippen LogP contribution in [-0.4, -0.2) is 23.7 Å². The Morgan fingerprint density at radius 1 is 0.741 bits per heavy atom. The topological polar surface area (TPSA) is 52.6 Å². The Kier molecular flexibility index (Phi) is 8.69. The van der Waals surface area contributed by atoms with Crippen molar-refractivity contribution in [2.24, 2.45) is 0 Å². The molecule has 0 spiro atoms. The van der Waals surface area contributed by atoms with Crippen molar-refractivity contribution in [2.75, 3.05) is 11.8 Å². The van der Waals surface area contributed by atoms with Crippen LogP contribution in [0, 0.1) is 0 Å². The van der Waals surface area contributed by atoms with Gasteiger partial charge in [0.2, 0.25) is 0 Å². The Labute approximate surface area is 188 Å². The van der Waals surface area contributed by atoms with E-state index < -0.39 is 11.9 Å². The van der Waals surface area contributed by atoms with Crippen molar-refractivity contribution in [1.82, 2.24) is 0 Å². The Morgan fingerprint density at radius 3 is 1.44 bits per heavy atom. The Morgan fingerprint density at radius 2 is 1.11 bits per heavy atom. The third-order valence-electron chi connectivity index (χ3n) is 2.90. The highest BCUT2D eigenvalue weighted by atomic mass is 35.5. The second kappa shape index (κ2) is 10.3. The van der Waals surface area contributed by atoms with Crippen LogP contribution in [0.15, 0.2) is 34.1 Å². The van der Waals surface area contributed by atoms with Crippen LogP contribution in [0.3, 0.4) is 0 Å². The lowest BCUT2D eigenvalue weighted by Gasteiger charge is -2.14. The van der Waals surface area contributed by atoms with Crippen molar-refractivity contribution in [3.63, 3.8) is 0 Å². The number of rotatable bonds is 6. The van der Waals surface area contributed by atoms with Crippen LogP contribution >= 0.6 is 81.4 Å². The first kappa shape index (κ1) is 22.8. The zero-order valence-electron chi connectivity index (χ0n) is 13.0. The molecule has 0 bridgehead atoms. The summed E-state index contributed by atoms with van der Waals surface area (Å²) in [6, 6.07) is 5.85. The molecule has 2 rings (SSSR count). The fourth-order valence-corrected chi connectivity index (χ4v) is 4.08. The first-order chi connectivity index (χ1) is 12.8. The highest BCUT2D eigenvalue weighted by Crippen LogP contribution is 2.49. The maximum atomic E-state index is 11.4. The molecule has 27 heavy (non-hydrogen) atoms. The molecule has 0 unspecified atom stereocenters. The monoisotopic (exact) mass is 506 g/mol. The van der Waals surface area contributed by atoms with E-state index in [0.29, 0.717) is 9.79 Å². The minimum Gasteiger partial charge on any atom is -0.424 e. The molecule has 0 radical (unpaired) electrons. The molecule has 0 aliphatic heterocycles. The molecule has 0 aliphatic carbocycles. The smallest absolute Gasteiger partial charge is 0.326 e. The zero-order chi connectivity index (χ0) is 20.1. The fourth-order valence-electron chi connectivity index (χ4n) is 1.78. The van der Waals surface area contributed by atoms with Crippen LogP contribution < -0.4 is 9.47 Å². The molecule has 0 amide bonds. The summed E-state index contributed by atoms with van der Waals surface area (Å²) in [5, 5.41) is 0.680. The van der Waals surface area contributed by atoms with Crippen LogP contribution in [0.25, 0.3) is 0 Å². The molecule has 11 heteroatoms. The average molecular weight is 509 g/mol. The van der Waals surface area contributed by atoms with Crippen LogP contribution in [0.5, 0.6) is 11.5 Å². The van der Waals surface area contributed by atoms with E-state index in [-0.39, 0.29) is 43.3 Å². The van der Waals surface area contributed by atoms with E-state index in [1.165, 1.54) is 24.3 Å². The molecule has 0 atom stereocenters. The molecular weight excluding hydrogens is 501 g/mol. The number of benzene rings is 2. The van der Waals surface area contributed by atoms with Crippen molar-refractivity contribution in [1.29, 1.82) is 0 Å². The molecule has 0 heterocycles. The second-order valence-electron chi connectivity index (χ2n) is 4.69. The summed E-state index contributed by atoms with van der Waals surface area (Å²) in [7, 11) is 0. The van der Waals surface area contributed by atoms with Gasteiger partial charge in [-0.3, -0.25) is 9.59 Å². The number of carbonyl (C=O) groups is 2. The van der Waals surface area contributed by atoms with Crippen molar-refractivity contribution in [3.8, 4) is 11.5 Å². The highest BCUT2D eigenvalue weighted by molar-refractivity contribution is 7.99. The maximum Gasteiger partial charge on any atom is 0.326 e. The molecule has 0 N–H and O–H groups in total. The summed E-state index contributed by atoms with van der Waals surface area (Å²) >= 11 is 36.9. The van der Waals surface area contributed by atoms with Crippen molar-refractivity contribution >= 4 is 93.3 Å². The van der Waals surface area contributed by atoms with E-state index in [2.05, 4.69) is 0 Å². The highest BCUT2D eigenvalue weighted by Gasteiger charge is 2.20. The third-order valence-corrected chi connectivity index (χ3v) is 6.42. The molecule has 0 saturated heterocycles. The normalized spacial score (nSPS) is 10.6. The van der Waals surface area contributed by atoms with Crippen molar-refractivity contribution < 1.29 is 19.1 Å². The number of halogens is 6. The van der Waals surface area contributed by atoms with E-state index in [0.717, 1.165) is 11.8 Å². The molecule has 2 aromatic rings. The summed E-state index contributed by atoms with van der Waals surface area (Å²) in [5.74, 6) is -1.89. The zero-order valence-corrected chi connectivity index (χ0v) is 18.4. The lowest BCUT2D eigenvalue weighted by Crippen LogP contribution is -2.09. The van der Waals surface area contributed by atoms with Gasteiger partial charge in [0.15, 0.2) is 11.5 Å². The lowest BCUT2D eigenvalue weighted by molar-refractivity contribution is -0.132. The summed E-state index contributed by atoms with van der Waals surface area (Å²) in [6.45, 7) is 0. The molecule has 0 saturated carbocycles. The standard InChI is InChI=1S/C16H8Cl6O4S/c17-5-11(23)25-9-3-1-7(19)15(13(9)21)27-16-8(20)2-4-10(14(16)22)26-12(24)6-18/h1-4H,5-6H2. The Balaban J connectivity index is 2.44. The first-order valence-electron chi connectivity index (χ1n) is 6.95. The fraction of sp³-hybridized carbons (Fsp3) is 0.125. The lowest BCUT2D eigenvalue weighted by atomic mass is 10.3. The first-order valence-corrected chi connectivity index (χ1v) is 10.3. The van der Waals surface area contributed by atoms with Gasteiger partial charge in [0.25, 0.3) is 0 Å². The third kappa shape index (κ3) is 5.73. The van der Waals surface area contributed by atoms with Gasteiger partial charge in [-0.1, -0.05) is 58.2 Å². The molecule has 0 aromatic heterocycles. The molecular formula is C16H8Cl6O4S. The summed E-state index contributed by atoms with van der Waals surface area (Å²) in [6.07, 6.45) is 0. The minimum absolute atomic E-state index is 0.0706. The minimum atomic E-state index is -0.678. The van der Waals surface area contributed by atoms with E-state index in [1.807, 2.05) is 0 Å². The second-order valence-corrected chi connectivity index (χ2v) is 7.82. The summed E-state index contributed by atoms with van der Waals surface area (Å²) < 4.78 is 10.1. The molecule has 2 aromatic carbocycles. The SMILES string of the molecule is O=C(CCl)Oc1ccc(Cl)c(Sc2c(Cl)ccc(OC(=O)CCl)c2Cl)c1Cl. The van der Waals surface area contributed by atoms with Crippen LogP contribution in [0.4, 0.5) is 0 Å². The van der Waals surface area contributed by atoms with Crippen LogP contribution in [0.1, 0.15) is 0 Å². The average Bonchev–Trinajstić information content (AvgIpc) is 2.65. The van der Waals surface area contributed by atoms with Crippen LogP contribution in [-0.2, 0) is 9.59 Å². The molecule has 144 valence electrons.